The Hall–Kier alpha value is -3.15. The van der Waals surface area contributed by atoms with Gasteiger partial charge in [-0.05, 0) is 36.8 Å². The number of alkyl halides is 3. The highest BCUT2D eigenvalue weighted by atomic mass is 35.5. The number of benzene rings is 1. The second kappa shape index (κ2) is 8.77. The third-order valence-electron chi connectivity index (χ3n) is 4.26. The van der Waals surface area contributed by atoms with Crippen molar-refractivity contribution >= 4 is 40.7 Å². The van der Waals surface area contributed by atoms with E-state index in [2.05, 4.69) is 15.4 Å². The van der Waals surface area contributed by atoms with Gasteiger partial charge in [-0.25, -0.2) is 15.5 Å². The lowest BCUT2D eigenvalue weighted by molar-refractivity contribution is -0.141. The molecule has 1 aromatic carbocycles. The van der Waals surface area contributed by atoms with E-state index in [1.165, 1.54) is 37.5 Å². The molecular weight excluding hydrogens is 472 g/mol. The van der Waals surface area contributed by atoms with Crippen molar-refractivity contribution in [2.45, 2.75) is 13.1 Å². The largest absolute Gasteiger partial charge is 0.435 e. The zero-order chi connectivity index (χ0) is 23.8. The molecule has 0 saturated heterocycles. The maximum absolute atomic E-state index is 13.3. The number of anilines is 1. The highest BCUT2D eigenvalue weighted by molar-refractivity contribution is 6.32. The minimum Gasteiger partial charge on any atom is -0.320 e. The summed E-state index contributed by atoms with van der Waals surface area (Å²) in [5, 5.41) is 6.87. The van der Waals surface area contributed by atoms with Crippen molar-refractivity contribution < 1.29 is 22.8 Å². The highest BCUT2D eigenvalue weighted by Crippen LogP contribution is 2.32. The Morgan fingerprint density at radius 1 is 1.22 bits per heavy atom. The van der Waals surface area contributed by atoms with Crippen LogP contribution in [0.4, 0.5) is 18.9 Å². The molecule has 0 spiro atoms. The molecule has 0 aliphatic carbocycles. The van der Waals surface area contributed by atoms with Crippen molar-refractivity contribution in [1.82, 2.24) is 19.8 Å². The van der Waals surface area contributed by atoms with Crippen LogP contribution in [0.15, 0.2) is 36.5 Å². The van der Waals surface area contributed by atoms with E-state index in [4.69, 9.17) is 29.0 Å². The summed E-state index contributed by atoms with van der Waals surface area (Å²) in [6.45, 7) is 1.56. The van der Waals surface area contributed by atoms with Crippen molar-refractivity contribution in [3.8, 4) is 5.82 Å². The maximum atomic E-state index is 13.3. The second-order valence-corrected chi connectivity index (χ2v) is 7.49. The summed E-state index contributed by atoms with van der Waals surface area (Å²) < 4.78 is 40.6. The number of hydrazine groups is 1. The lowest BCUT2D eigenvalue weighted by Gasteiger charge is -2.17. The van der Waals surface area contributed by atoms with Gasteiger partial charge in [-0.2, -0.15) is 18.3 Å². The minimum atomic E-state index is -4.83. The molecule has 3 aromatic rings. The van der Waals surface area contributed by atoms with E-state index in [-0.39, 0.29) is 27.1 Å². The first-order chi connectivity index (χ1) is 14.9. The van der Waals surface area contributed by atoms with Crippen LogP contribution in [-0.2, 0) is 6.18 Å². The molecule has 0 bridgehead atoms. The van der Waals surface area contributed by atoms with Gasteiger partial charge in [-0.3, -0.25) is 14.6 Å². The number of hydrogen-bond acceptors (Lipinski definition) is 5. The molecule has 0 aliphatic heterocycles. The fourth-order valence-corrected chi connectivity index (χ4v) is 3.30. The predicted molar refractivity (Wildman–Crippen MR) is 112 cm³/mol. The minimum absolute atomic E-state index is 0.0233. The van der Waals surface area contributed by atoms with Crippen LogP contribution in [0.3, 0.4) is 0 Å². The summed E-state index contributed by atoms with van der Waals surface area (Å²) >= 11 is 12.1. The van der Waals surface area contributed by atoms with E-state index in [0.29, 0.717) is 16.3 Å². The van der Waals surface area contributed by atoms with Crippen molar-refractivity contribution in [3.63, 3.8) is 0 Å². The molecule has 3 rings (SSSR count). The Kier molecular flexibility index (Phi) is 6.44. The number of halogens is 5. The number of aryl methyl sites for hydroxylation is 1. The van der Waals surface area contributed by atoms with Crippen LogP contribution in [0.1, 0.15) is 32.1 Å². The Balaban J connectivity index is 2.13. The van der Waals surface area contributed by atoms with Gasteiger partial charge >= 0.3 is 6.18 Å². The van der Waals surface area contributed by atoms with E-state index < -0.39 is 29.4 Å². The van der Waals surface area contributed by atoms with Crippen LogP contribution in [-0.4, -0.2) is 38.6 Å². The number of nitrogens with two attached hydrogens (primary N) is 1. The van der Waals surface area contributed by atoms with Crippen molar-refractivity contribution in [1.29, 1.82) is 0 Å². The fourth-order valence-electron chi connectivity index (χ4n) is 2.82. The Bertz CT molecular complexity index is 1210. The topological polar surface area (TPSA) is 106 Å². The molecule has 2 amide bonds. The van der Waals surface area contributed by atoms with Crippen LogP contribution >= 0.6 is 23.2 Å². The molecule has 168 valence electrons. The van der Waals surface area contributed by atoms with E-state index in [1.54, 1.807) is 6.92 Å². The summed E-state index contributed by atoms with van der Waals surface area (Å²) in [7, 11) is 1.29. The number of hydrogen-bond donors (Lipinski definition) is 2. The van der Waals surface area contributed by atoms with Gasteiger partial charge in [0.15, 0.2) is 11.5 Å². The summed E-state index contributed by atoms with van der Waals surface area (Å²) in [6.07, 6.45) is -3.55. The van der Waals surface area contributed by atoms with Crippen molar-refractivity contribution in [2.75, 3.05) is 12.4 Å². The summed E-state index contributed by atoms with van der Waals surface area (Å²) in [6, 6.07) is 6.17. The SMILES string of the molecule is Cc1cc(Cl)cc(C(=O)N(C)N)c1NC(=O)c1cc(C(F)(F)F)nn1-c1ncccc1Cl. The number of carbonyl (C=O) groups is 2. The number of nitrogens with one attached hydrogen (secondary N) is 1. The number of pyridine rings is 1. The lowest BCUT2D eigenvalue weighted by Crippen LogP contribution is -2.34. The standard InChI is InChI=1S/C19H15Cl2F3N6O2/c1-9-6-10(20)7-11(18(32)29(2)25)15(9)27-17(31)13-8-14(19(22,23)24)28-30(13)16-12(21)4-3-5-26-16/h3-8H,25H2,1-2H3,(H,27,31). The second-order valence-electron chi connectivity index (χ2n) is 6.65. The van der Waals surface area contributed by atoms with Crippen LogP contribution < -0.4 is 11.2 Å². The molecule has 32 heavy (non-hydrogen) atoms. The number of carbonyl (C=O) groups excluding carboxylic acids is 2. The quantitative estimate of drug-likeness (QED) is 0.328. The normalized spacial score (nSPS) is 11.4. The van der Waals surface area contributed by atoms with Gasteiger partial charge in [-0.1, -0.05) is 23.2 Å². The van der Waals surface area contributed by atoms with Gasteiger partial charge in [0.05, 0.1) is 16.3 Å². The first kappa shape index (κ1) is 23.5. The average Bonchev–Trinajstić information content (AvgIpc) is 3.15. The van der Waals surface area contributed by atoms with Gasteiger partial charge in [0, 0.05) is 24.3 Å². The molecule has 0 fully saturated rings. The number of aromatic nitrogens is 3. The first-order valence-corrected chi connectivity index (χ1v) is 9.58. The van der Waals surface area contributed by atoms with Crippen LogP contribution in [0, 0.1) is 6.92 Å². The number of nitrogens with zero attached hydrogens (tertiary/aromatic N) is 4. The number of amides is 2. The third-order valence-corrected chi connectivity index (χ3v) is 4.77. The Labute approximate surface area is 189 Å². The predicted octanol–water partition coefficient (Wildman–Crippen LogP) is 4.10. The molecule has 0 aliphatic rings. The zero-order valence-electron chi connectivity index (χ0n) is 16.5. The Morgan fingerprint density at radius 3 is 2.50 bits per heavy atom. The van der Waals surface area contributed by atoms with E-state index >= 15 is 0 Å². The molecule has 0 radical (unpaired) electrons. The van der Waals surface area contributed by atoms with E-state index in [1.807, 2.05) is 0 Å². The third kappa shape index (κ3) is 4.69. The first-order valence-electron chi connectivity index (χ1n) is 8.82. The highest BCUT2D eigenvalue weighted by Gasteiger charge is 2.37. The molecular formula is C19H15Cl2F3N6O2. The molecule has 0 unspecified atom stereocenters. The van der Waals surface area contributed by atoms with Gasteiger partial charge in [0.2, 0.25) is 0 Å². The monoisotopic (exact) mass is 486 g/mol. The molecule has 0 atom stereocenters. The van der Waals surface area contributed by atoms with Crippen LogP contribution in [0.5, 0.6) is 0 Å². The van der Waals surface area contributed by atoms with Crippen molar-refractivity contribution in [3.05, 3.63) is 69.1 Å². The van der Waals surface area contributed by atoms with E-state index in [9.17, 15) is 22.8 Å². The molecule has 2 aromatic heterocycles. The summed E-state index contributed by atoms with van der Waals surface area (Å²) in [4.78, 5) is 29.4. The van der Waals surface area contributed by atoms with Crippen molar-refractivity contribution in [2.24, 2.45) is 5.84 Å². The number of rotatable bonds is 4. The van der Waals surface area contributed by atoms with Gasteiger partial charge < -0.3 is 5.32 Å². The smallest absolute Gasteiger partial charge is 0.320 e. The van der Waals surface area contributed by atoms with Gasteiger partial charge in [0.25, 0.3) is 11.8 Å². The Morgan fingerprint density at radius 2 is 1.91 bits per heavy atom. The molecule has 13 heteroatoms. The van der Waals surface area contributed by atoms with Gasteiger partial charge in [0.1, 0.15) is 5.69 Å². The molecule has 2 heterocycles. The van der Waals surface area contributed by atoms with E-state index in [0.717, 1.165) is 5.01 Å². The summed E-state index contributed by atoms with van der Waals surface area (Å²) in [5.41, 5.74) is -1.47. The maximum Gasteiger partial charge on any atom is 0.435 e. The summed E-state index contributed by atoms with van der Waals surface area (Å²) in [5.74, 6) is 3.66. The molecule has 8 nitrogen and oxygen atoms in total. The lowest BCUT2D eigenvalue weighted by atomic mass is 10.1. The zero-order valence-corrected chi connectivity index (χ0v) is 18.0. The molecule has 3 N–H and O–H groups in total. The average molecular weight is 487 g/mol. The fraction of sp³-hybridized carbons (Fsp3) is 0.158. The van der Waals surface area contributed by atoms with Gasteiger partial charge in [-0.15, -0.1) is 0 Å². The van der Waals surface area contributed by atoms with Crippen LogP contribution in [0.2, 0.25) is 10.0 Å². The molecule has 0 saturated carbocycles. The van der Waals surface area contributed by atoms with Crippen LogP contribution in [0.25, 0.3) is 5.82 Å².